The van der Waals surface area contributed by atoms with Gasteiger partial charge in [-0.1, -0.05) is 17.7 Å². The van der Waals surface area contributed by atoms with E-state index in [0.717, 1.165) is 5.56 Å². The minimum atomic E-state index is -0.583. The summed E-state index contributed by atoms with van der Waals surface area (Å²) in [5.41, 5.74) is 1.34. The van der Waals surface area contributed by atoms with Crippen LogP contribution in [0.2, 0.25) is 5.02 Å². The van der Waals surface area contributed by atoms with E-state index in [1.165, 1.54) is 12.1 Å². The first-order valence-corrected chi connectivity index (χ1v) is 7.22. The van der Waals surface area contributed by atoms with Crippen LogP contribution in [-0.4, -0.2) is 7.05 Å². The van der Waals surface area contributed by atoms with Crippen molar-refractivity contribution in [2.75, 3.05) is 7.05 Å². The van der Waals surface area contributed by atoms with Crippen LogP contribution in [-0.2, 0) is 6.54 Å². The second-order valence-electron chi connectivity index (χ2n) is 4.27. The number of ether oxygens (including phenoxy) is 1. The van der Waals surface area contributed by atoms with E-state index in [4.69, 9.17) is 16.3 Å². The lowest BCUT2D eigenvalue weighted by Crippen LogP contribution is -2.05. The molecular weight excluding hydrogens is 359 g/mol. The zero-order valence-electron chi connectivity index (χ0n) is 11.1. The van der Waals surface area contributed by atoms with Crippen LogP contribution in [0.25, 0.3) is 0 Å². The fraction of sp³-hybridized carbons (Fsp3) is 0.133. The fourth-order valence-electron chi connectivity index (χ4n) is 1.77. The molecule has 0 heterocycles. The molecule has 0 aliphatic heterocycles. The number of nitrogens with zero attached hydrogens (tertiary/aromatic N) is 1. The lowest BCUT2D eigenvalue weighted by atomic mass is 10.1. The number of benzene rings is 2. The minimum absolute atomic E-state index is 0.000834. The minimum Gasteiger partial charge on any atom is -0.455 e. The average molecular weight is 370 g/mol. The molecule has 0 saturated heterocycles. The van der Waals surface area contributed by atoms with Crippen LogP contribution >= 0.6 is 27.5 Å². The molecule has 0 atom stereocenters. The normalized spacial score (nSPS) is 10.2. The van der Waals surface area contributed by atoms with Gasteiger partial charge in [-0.3, -0.25) is 0 Å². The highest BCUT2D eigenvalue weighted by atomic mass is 79.9. The van der Waals surface area contributed by atoms with Gasteiger partial charge in [0.1, 0.15) is 23.4 Å². The second kappa shape index (κ2) is 6.90. The Bertz CT molecular complexity index is 716. The van der Waals surface area contributed by atoms with Crippen LogP contribution in [0.4, 0.5) is 4.39 Å². The molecule has 2 rings (SSSR count). The molecule has 21 heavy (non-hydrogen) atoms. The maximum Gasteiger partial charge on any atom is 0.145 e. The molecule has 0 fully saturated rings. The Morgan fingerprint density at radius 1 is 1.33 bits per heavy atom. The Morgan fingerprint density at radius 2 is 2.10 bits per heavy atom. The molecule has 2 aromatic rings. The standard InChI is InChI=1S/C15H11BrClFN2O/c1-20-8-9-2-3-14(10(4-9)7-19)21-15-6-13(18)12(17)5-11(15)16/h2-6,20H,8H2,1H3. The molecule has 0 amide bonds. The lowest BCUT2D eigenvalue weighted by molar-refractivity contribution is 0.472. The fourth-order valence-corrected chi connectivity index (χ4v) is 2.49. The highest BCUT2D eigenvalue weighted by Gasteiger charge is 2.11. The van der Waals surface area contributed by atoms with Crippen LogP contribution in [0.1, 0.15) is 11.1 Å². The van der Waals surface area contributed by atoms with Gasteiger partial charge in [-0.2, -0.15) is 5.26 Å². The molecule has 0 radical (unpaired) electrons. The number of hydrogen-bond donors (Lipinski definition) is 1. The SMILES string of the molecule is CNCc1ccc(Oc2cc(F)c(Cl)cc2Br)c(C#N)c1. The highest BCUT2D eigenvalue weighted by Crippen LogP contribution is 2.35. The summed E-state index contributed by atoms with van der Waals surface area (Å²) in [5, 5.41) is 12.2. The summed E-state index contributed by atoms with van der Waals surface area (Å²) in [4.78, 5) is 0. The van der Waals surface area contributed by atoms with Crippen molar-refractivity contribution < 1.29 is 9.13 Å². The summed E-state index contributed by atoms with van der Waals surface area (Å²) < 4.78 is 19.6. The summed E-state index contributed by atoms with van der Waals surface area (Å²) >= 11 is 8.94. The molecule has 0 aliphatic rings. The van der Waals surface area contributed by atoms with E-state index in [0.29, 0.717) is 22.3 Å². The summed E-state index contributed by atoms with van der Waals surface area (Å²) in [7, 11) is 1.82. The van der Waals surface area contributed by atoms with Crippen molar-refractivity contribution in [2.45, 2.75) is 6.54 Å². The van der Waals surface area contributed by atoms with E-state index in [1.54, 1.807) is 12.1 Å². The van der Waals surface area contributed by atoms with Crippen molar-refractivity contribution in [2.24, 2.45) is 0 Å². The Morgan fingerprint density at radius 3 is 2.76 bits per heavy atom. The maximum absolute atomic E-state index is 13.5. The van der Waals surface area contributed by atoms with Crippen molar-refractivity contribution in [1.29, 1.82) is 5.26 Å². The molecule has 0 unspecified atom stereocenters. The van der Waals surface area contributed by atoms with E-state index in [-0.39, 0.29) is 10.8 Å². The van der Waals surface area contributed by atoms with Crippen molar-refractivity contribution in [3.63, 3.8) is 0 Å². The third kappa shape index (κ3) is 3.73. The first kappa shape index (κ1) is 15.8. The first-order chi connectivity index (χ1) is 10.0. The number of halogens is 3. The largest absolute Gasteiger partial charge is 0.455 e. The van der Waals surface area contributed by atoms with Crippen molar-refractivity contribution >= 4 is 27.5 Å². The number of rotatable bonds is 4. The van der Waals surface area contributed by atoms with Crippen molar-refractivity contribution in [1.82, 2.24) is 5.32 Å². The summed E-state index contributed by atoms with van der Waals surface area (Å²) in [5.74, 6) is 0.0368. The van der Waals surface area contributed by atoms with Gasteiger partial charge in [-0.05, 0) is 46.7 Å². The predicted molar refractivity (Wildman–Crippen MR) is 83.1 cm³/mol. The van der Waals surface area contributed by atoms with Crippen LogP contribution in [0.15, 0.2) is 34.8 Å². The molecule has 3 nitrogen and oxygen atoms in total. The van der Waals surface area contributed by atoms with Crippen LogP contribution < -0.4 is 10.1 Å². The summed E-state index contributed by atoms with van der Waals surface area (Å²) in [6, 6.07) is 9.91. The Hall–Kier alpha value is -1.61. The monoisotopic (exact) mass is 368 g/mol. The predicted octanol–water partition coefficient (Wildman–Crippen LogP) is 4.62. The highest BCUT2D eigenvalue weighted by molar-refractivity contribution is 9.10. The van der Waals surface area contributed by atoms with E-state index >= 15 is 0 Å². The smallest absolute Gasteiger partial charge is 0.145 e. The average Bonchev–Trinajstić information content (AvgIpc) is 2.46. The molecule has 0 bridgehead atoms. The Kier molecular flexibility index (Phi) is 5.18. The Labute approximate surface area is 135 Å². The summed E-state index contributed by atoms with van der Waals surface area (Å²) in [6.07, 6.45) is 0. The molecule has 0 aliphatic carbocycles. The molecule has 2 aromatic carbocycles. The third-order valence-electron chi connectivity index (χ3n) is 2.74. The summed E-state index contributed by atoms with van der Waals surface area (Å²) in [6.45, 7) is 0.647. The van der Waals surface area contributed by atoms with Gasteiger partial charge in [0.15, 0.2) is 0 Å². The van der Waals surface area contributed by atoms with Gasteiger partial charge in [0.05, 0.1) is 15.1 Å². The molecule has 108 valence electrons. The van der Waals surface area contributed by atoms with E-state index in [9.17, 15) is 9.65 Å². The van der Waals surface area contributed by atoms with E-state index in [2.05, 4.69) is 27.3 Å². The van der Waals surface area contributed by atoms with Gasteiger partial charge in [0.25, 0.3) is 0 Å². The van der Waals surface area contributed by atoms with Crippen LogP contribution in [0.3, 0.4) is 0 Å². The number of nitrogens with one attached hydrogen (secondary N) is 1. The Balaban J connectivity index is 2.36. The van der Waals surface area contributed by atoms with Gasteiger partial charge < -0.3 is 10.1 Å². The second-order valence-corrected chi connectivity index (χ2v) is 5.53. The third-order valence-corrected chi connectivity index (χ3v) is 3.65. The molecular formula is C15H11BrClFN2O. The van der Waals surface area contributed by atoms with Gasteiger partial charge in [-0.15, -0.1) is 0 Å². The lowest BCUT2D eigenvalue weighted by Gasteiger charge is -2.11. The molecule has 1 N–H and O–H groups in total. The van der Waals surface area contributed by atoms with Crippen molar-refractivity contribution in [3.05, 3.63) is 56.8 Å². The van der Waals surface area contributed by atoms with E-state index in [1.807, 2.05) is 13.1 Å². The van der Waals surface area contributed by atoms with E-state index < -0.39 is 5.82 Å². The number of nitriles is 1. The van der Waals surface area contributed by atoms with Crippen LogP contribution in [0.5, 0.6) is 11.5 Å². The van der Waals surface area contributed by atoms with Gasteiger partial charge >= 0.3 is 0 Å². The van der Waals surface area contributed by atoms with Crippen LogP contribution in [0, 0.1) is 17.1 Å². The zero-order valence-corrected chi connectivity index (χ0v) is 13.4. The van der Waals surface area contributed by atoms with Gasteiger partial charge in [0.2, 0.25) is 0 Å². The topological polar surface area (TPSA) is 45.0 Å². The first-order valence-electron chi connectivity index (χ1n) is 6.05. The molecule has 0 saturated carbocycles. The molecule has 6 heteroatoms. The quantitative estimate of drug-likeness (QED) is 0.800. The molecule has 0 aromatic heterocycles. The van der Waals surface area contributed by atoms with Crippen molar-refractivity contribution in [3.8, 4) is 17.6 Å². The molecule has 0 spiro atoms. The van der Waals surface area contributed by atoms with Gasteiger partial charge in [0, 0.05) is 12.6 Å². The van der Waals surface area contributed by atoms with Gasteiger partial charge in [-0.25, -0.2) is 4.39 Å². The maximum atomic E-state index is 13.5. The number of hydrogen-bond acceptors (Lipinski definition) is 3. The zero-order chi connectivity index (χ0) is 15.4.